The molecule has 0 spiro atoms. The third-order valence-corrected chi connectivity index (χ3v) is 5.19. The molecule has 1 aromatic rings. The average Bonchev–Trinajstić information content (AvgIpc) is 3.09. The van der Waals surface area contributed by atoms with Crippen molar-refractivity contribution < 1.29 is 24.1 Å². The first-order valence-corrected chi connectivity index (χ1v) is 9.40. The number of aliphatic hydroxyl groups is 1. The first-order chi connectivity index (χ1) is 13.4. The standard InChI is InChI=1S/C19H30N4O5/c1-22(2)9-10-23(3)16-17(24)15(14-11-27-18(16)28-14)21-19(25)20-12-5-7-13(26-4)8-6-12/h5-8,14-18,24H,9-11H2,1-4H3,(H2,20,21,25). The maximum atomic E-state index is 12.5. The largest absolute Gasteiger partial charge is 0.497 e. The molecule has 2 bridgehead atoms. The molecular formula is C19H30N4O5. The molecule has 2 amide bonds. The van der Waals surface area contributed by atoms with Gasteiger partial charge in [-0.05, 0) is 45.4 Å². The Morgan fingerprint density at radius 1 is 1.25 bits per heavy atom. The molecule has 5 atom stereocenters. The number of methoxy groups -OCH3 is 1. The number of nitrogens with zero attached hydrogens (tertiary/aromatic N) is 2. The molecule has 0 aromatic heterocycles. The van der Waals surface area contributed by atoms with Crippen molar-refractivity contribution in [3.8, 4) is 5.75 Å². The van der Waals surface area contributed by atoms with Gasteiger partial charge in [0.05, 0.1) is 31.9 Å². The van der Waals surface area contributed by atoms with Crippen molar-refractivity contribution in [3.63, 3.8) is 0 Å². The van der Waals surface area contributed by atoms with Crippen LogP contribution in [0.3, 0.4) is 0 Å². The van der Waals surface area contributed by atoms with Crippen molar-refractivity contribution in [2.75, 3.05) is 53.3 Å². The van der Waals surface area contributed by atoms with Crippen molar-refractivity contribution >= 4 is 11.7 Å². The number of carbonyl (C=O) groups excluding carboxylic acids is 1. The van der Waals surface area contributed by atoms with E-state index in [0.717, 1.165) is 13.1 Å². The highest BCUT2D eigenvalue weighted by molar-refractivity contribution is 5.89. The number of nitrogens with one attached hydrogen (secondary N) is 2. The maximum absolute atomic E-state index is 12.5. The summed E-state index contributed by atoms with van der Waals surface area (Å²) < 4.78 is 16.7. The molecule has 2 saturated heterocycles. The van der Waals surface area contributed by atoms with Gasteiger partial charge in [0.15, 0.2) is 6.29 Å². The van der Waals surface area contributed by atoms with Crippen LogP contribution in [0.15, 0.2) is 24.3 Å². The Morgan fingerprint density at radius 2 is 1.96 bits per heavy atom. The molecule has 9 heteroatoms. The molecular weight excluding hydrogens is 364 g/mol. The van der Waals surface area contributed by atoms with Gasteiger partial charge >= 0.3 is 6.03 Å². The van der Waals surface area contributed by atoms with Gasteiger partial charge in [0.2, 0.25) is 0 Å². The van der Waals surface area contributed by atoms with Gasteiger partial charge in [-0.2, -0.15) is 0 Å². The van der Waals surface area contributed by atoms with E-state index >= 15 is 0 Å². The zero-order valence-corrected chi connectivity index (χ0v) is 16.8. The van der Waals surface area contributed by atoms with Crippen LogP contribution < -0.4 is 15.4 Å². The Kier molecular flexibility index (Phi) is 6.73. The van der Waals surface area contributed by atoms with Crippen LogP contribution in [-0.2, 0) is 9.47 Å². The minimum atomic E-state index is -0.806. The fourth-order valence-electron chi connectivity index (χ4n) is 3.55. The molecule has 2 heterocycles. The number of anilines is 1. The summed E-state index contributed by atoms with van der Waals surface area (Å²) in [6, 6.07) is 5.70. The maximum Gasteiger partial charge on any atom is 0.319 e. The molecule has 5 unspecified atom stereocenters. The Hall–Kier alpha value is -1.91. The van der Waals surface area contributed by atoms with E-state index in [1.807, 2.05) is 26.0 Å². The predicted octanol–water partition coefficient (Wildman–Crippen LogP) is 0.163. The number of hydrogen-bond donors (Lipinski definition) is 3. The van der Waals surface area contributed by atoms with Crippen LogP contribution in [0.4, 0.5) is 10.5 Å². The molecule has 9 nitrogen and oxygen atoms in total. The Bertz CT molecular complexity index is 656. The molecule has 2 aliphatic rings. The number of amides is 2. The second kappa shape index (κ2) is 9.06. The second-order valence-electron chi connectivity index (χ2n) is 7.49. The molecule has 2 aliphatic heterocycles. The Morgan fingerprint density at radius 3 is 2.61 bits per heavy atom. The fourth-order valence-corrected chi connectivity index (χ4v) is 3.55. The van der Waals surface area contributed by atoms with Crippen LogP contribution in [0.25, 0.3) is 0 Å². The molecule has 0 saturated carbocycles. The van der Waals surface area contributed by atoms with Gasteiger partial charge in [-0.3, -0.25) is 4.90 Å². The summed E-state index contributed by atoms with van der Waals surface area (Å²) in [5, 5.41) is 16.6. The van der Waals surface area contributed by atoms with E-state index in [1.54, 1.807) is 31.4 Å². The first kappa shape index (κ1) is 20.8. The number of rotatable bonds is 7. The van der Waals surface area contributed by atoms with E-state index in [1.165, 1.54) is 0 Å². The quantitative estimate of drug-likeness (QED) is 0.606. The summed E-state index contributed by atoms with van der Waals surface area (Å²) in [7, 11) is 7.51. The van der Waals surface area contributed by atoms with E-state index in [9.17, 15) is 9.90 Å². The lowest BCUT2D eigenvalue weighted by Crippen LogP contribution is -2.65. The van der Waals surface area contributed by atoms with Crippen molar-refractivity contribution in [3.05, 3.63) is 24.3 Å². The average molecular weight is 394 g/mol. The van der Waals surface area contributed by atoms with Crippen LogP contribution in [0.2, 0.25) is 0 Å². The topological polar surface area (TPSA) is 95.5 Å². The number of urea groups is 1. The summed E-state index contributed by atoms with van der Waals surface area (Å²) in [6.07, 6.45) is -1.67. The van der Waals surface area contributed by atoms with Crippen LogP contribution in [0, 0.1) is 0 Å². The molecule has 0 radical (unpaired) electrons. The molecule has 156 valence electrons. The third-order valence-electron chi connectivity index (χ3n) is 5.19. The van der Waals surface area contributed by atoms with Gasteiger partial charge in [0, 0.05) is 18.8 Å². The van der Waals surface area contributed by atoms with E-state index in [2.05, 4.69) is 15.5 Å². The SMILES string of the molecule is COc1ccc(NC(=O)NC2C3COC(O3)C(N(C)CCN(C)C)C2O)cc1. The van der Waals surface area contributed by atoms with Crippen molar-refractivity contribution in [2.24, 2.45) is 0 Å². The Labute approximate surface area is 165 Å². The lowest BCUT2D eigenvalue weighted by atomic mass is 9.95. The lowest BCUT2D eigenvalue weighted by Gasteiger charge is -2.42. The normalized spacial score (nSPS) is 29.2. The monoisotopic (exact) mass is 394 g/mol. The predicted molar refractivity (Wildman–Crippen MR) is 105 cm³/mol. The summed E-state index contributed by atoms with van der Waals surface area (Å²) >= 11 is 0. The van der Waals surface area contributed by atoms with E-state index in [4.69, 9.17) is 14.2 Å². The molecule has 28 heavy (non-hydrogen) atoms. The number of benzene rings is 1. The number of aliphatic hydroxyl groups excluding tert-OH is 1. The van der Waals surface area contributed by atoms with Gasteiger partial charge in [-0.25, -0.2) is 4.79 Å². The number of hydrogen-bond acceptors (Lipinski definition) is 7. The van der Waals surface area contributed by atoms with Crippen LogP contribution in [0.1, 0.15) is 0 Å². The zero-order chi connectivity index (χ0) is 20.3. The van der Waals surface area contributed by atoms with Gasteiger partial charge in [0.25, 0.3) is 0 Å². The smallest absolute Gasteiger partial charge is 0.319 e. The van der Waals surface area contributed by atoms with Gasteiger partial charge < -0.3 is 34.9 Å². The van der Waals surface area contributed by atoms with Crippen LogP contribution >= 0.6 is 0 Å². The highest BCUT2D eigenvalue weighted by Gasteiger charge is 2.51. The zero-order valence-electron chi connectivity index (χ0n) is 16.8. The minimum absolute atomic E-state index is 0.341. The van der Waals surface area contributed by atoms with Crippen molar-refractivity contribution in [1.82, 2.24) is 15.1 Å². The number of carbonyl (C=O) groups is 1. The van der Waals surface area contributed by atoms with Gasteiger partial charge in [0.1, 0.15) is 11.9 Å². The summed E-state index contributed by atoms with van der Waals surface area (Å²) in [5.74, 6) is 0.708. The second-order valence-corrected chi connectivity index (χ2v) is 7.49. The lowest BCUT2D eigenvalue weighted by molar-refractivity contribution is -0.177. The molecule has 2 fully saturated rings. The fraction of sp³-hybridized carbons (Fsp3) is 0.632. The summed E-state index contributed by atoms with van der Waals surface area (Å²) in [5.41, 5.74) is 0.629. The molecule has 1 aromatic carbocycles. The van der Waals surface area contributed by atoms with Crippen LogP contribution in [-0.4, -0.2) is 99.5 Å². The summed E-state index contributed by atoms with van der Waals surface area (Å²) in [4.78, 5) is 16.6. The van der Waals surface area contributed by atoms with Gasteiger partial charge in [-0.1, -0.05) is 0 Å². The van der Waals surface area contributed by atoms with E-state index < -0.39 is 24.5 Å². The highest BCUT2D eigenvalue weighted by atomic mass is 16.7. The number of likely N-dealkylation sites (N-methyl/N-ethyl adjacent to an activating group) is 2. The number of fused-ring (bicyclic) bond motifs is 2. The molecule has 0 aliphatic carbocycles. The highest BCUT2D eigenvalue weighted by Crippen LogP contribution is 2.31. The van der Waals surface area contributed by atoms with E-state index in [0.29, 0.717) is 18.0 Å². The van der Waals surface area contributed by atoms with Gasteiger partial charge in [-0.15, -0.1) is 0 Å². The minimum Gasteiger partial charge on any atom is -0.497 e. The molecule has 3 rings (SSSR count). The molecule has 3 N–H and O–H groups in total. The third kappa shape index (κ3) is 4.73. The Balaban J connectivity index is 1.62. The van der Waals surface area contributed by atoms with Crippen LogP contribution in [0.5, 0.6) is 5.75 Å². The first-order valence-electron chi connectivity index (χ1n) is 9.40. The van der Waals surface area contributed by atoms with E-state index in [-0.39, 0.29) is 12.1 Å². The number of ether oxygens (including phenoxy) is 3. The van der Waals surface area contributed by atoms with Crippen molar-refractivity contribution in [2.45, 2.75) is 30.6 Å². The van der Waals surface area contributed by atoms with Crippen molar-refractivity contribution in [1.29, 1.82) is 0 Å². The summed E-state index contributed by atoms with van der Waals surface area (Å²) in [6.45, 7) is 1.92.